The van der Waals surface area contributed by atoms with Crippen molar-refractivity contribution in [2.75, 3.05) is 13.1 Å². The summed E-state index contributed by atoms with van der Waals surface area (Å²) in [4.78, 5) is 11.3. The monoisotopic (exact) mass is 297 g/mol. The molecule has 1 atom stereocenters. The molecule has 1 fully saturated rings. The van der Waals surface area contributed by atoms with Crippen molar-refractivity contribution in [1.82, 2.24) is 9.62 Å². The van der Waals surface area contributed by atoms with Gasteiger partial charge in [0.05, 0.1) is 4.90 Å². The summed E-state index contributed by atoms with van der Waals surface area (Å²) >= 11 is 0. The zero-order chi connectivity index (χ0) is 14.8. The van der Waals surface area contributed by atoms with E-state index in [2.05, 4.69) is 5.32 Å². The lowest BCUT2D eigenvalue weighted by molar-refractivity contribution is -0.119. The van der Waals surface area contributed by atoms with Crippen LogP contribution in [0.3, 0.4) is 0 Å². The minimum absolute atomic E-state index is 0.106. The fourth-order valence-corrected chi connectivity index (χ4v) is 3.80. The van der Waals surface area contributed by atoms with Crippen LogP contribution in [0.25, 0.3) is 0 Å². The Morgan fingerprint density at radius 3 is 2.60 bits per heavy atom. The third kappa shape index (κ3) is 3.17. The highest BCUT2D eigenvalue weighted by Gasteiger charge is 2.32. The normalized spacial score (nSPS) is 20.0. The highest BCUT2D eigenvalue weighted by atomic mass is 32.2. The Hall–Kier alpha value is -1.44. The molecular weight excluding hydrogens is 278 g/mol. The summed E-state index contributed by atoms with van der Waals surface area (Å²) in [6, 6.07) is 6.47. The Balaban J connectivity index is 2.12. The molecule has 1 aliphatic heterocycles. The number of rotatable bonds is 4. The van der Waals surface area contributed by atoms with E-state index < -0.39 is 10.0 Å². The van der Waals surface area contributed by atoms with E-state index in [1.807, 2.05) is 0 Å². The number of nitrogens with two attached hydrogens (primary N) is 1. The second-order valence-electron chi connectivity index (χ2n) is 4.90. The lowest BCUT2D eigenvalue weighted by Gasteiger charge is -2.17. The SMILES string of the molecule is CC(=O)NC1CCN(S(=O)(=O)c2ccc(CN)cc2)C1. The molecule has 7 heteroatoms. The molecule has 1 aromatic rings. The summed E-state index contributed by atoms with van der Waals surface area (Å²) in [6.07, 6.45) is 0.639. The molecular formula is C13H19N3O3S. The number of nitrogens with one attached hydrogen (secondary N) is 1. The summed E-state index contributed by atoms with van der Waals surface area (Å²) < 4.78 is 26.3. The number of nitrogens with zero attached hydrogens (tertiary/aromatic N) is 1. The Morgan fingerprint density at radius 1 is 1.40 bits per heavy atom. The van der Waals surface area contributed by atoms with Crippen LogP contribution in [0.5, 0.6) is 0 Å². The molecule has 110 valence electrons. The maximum atomic E-state index is 12.4. The van der Waals surface area contributed by atoms with Crippen LogP contribution in [0, 0.1) is 0 Å². The summed E-state index contributed by atoms with van der Waals surface area (Å²) in [7, 11) is -3.49. The molecule has 3 N–H and O–H groups in total. The maximum Gasteiger partial charge on any atom is 0.243 e. The third-order valence-corrected chi connectivity index (χ3v) is 5.23. The smallest absolute Gasteiger partial charge is 0.243 e. The van der Waals surface area contributed by atoms with Crippen LogP contribution in [0.1, 0.15) is 18.9 Å². The van der Waals surface area contributed by atoms with Gasteiger partial charge in [0.1, 0.15) is 0 Å². The number of sulfonamides is 1. The van der Waals surface area contributed by atoms with Crippen molar-refractivity contribution in [3.05, 3.63) is 29.8 Å². The average molecular weight is 297 g/mol. The fourth-order valence-electron chi connectivity index (χ4n) is 2.30. The van der Waals surface area contributed by atoms with E-state index in [1.54, 1.807) is 24.3 Å². The first-order valence-corrected chi connectivity index (χ1v) is 7.94. The van der Waals surface area contributed by atoms with E-state index in [9.17, 15) is 13.2 Å². The van der Waals surface area contributed by atoms with Gasteiger partial charge < -0.3 is 11.1 Å². The van der Waals surface area contributed by atoms with Crippen molar-refractivity contribution in [1.29, 1.82) is 0 Å². The quantitative estimate of drug-likeness (QED) is 0.821. The van der Waals surface area contributed by atoms with E-state index in [4.69, 9.17) is 5.73 Å². The van der Waals surface area contributed by atoms with Crippen molar-refractivity contribution in [2.24, 2.45) is 5.73 Å². The van der Waals surface area contributed by atoms with E-state index in [0.717, 1.165) is 5.56 Å². The van der Waals surface area contributed by atoms with E-state index in [1.165, 1.54) is 11.2 Å². The first-order valence-electron chi connectivity index (χ1n) is 6.49. The van der Waals surface area contributed by atoms with Gasteiger partial charge in [0.15, 0.2) is 0 Å². The molecule has 20 heavy (non-hydrogen) atoms. The van der Waals surface area contributed by atoms with Gasteiger partial charge in [-0.3, -0.25) is 4.79 Å². The van der Waals surface area contributed by atoms with Gasteiger partial charge in [0, 0.05) is 32.6 Å². The highest BCUT2D eigenvalue weighted by molar-refractivity contribution is 7.89. The van der Waals surface area contributed by atoms with Gasteiger partial charge in [-0.15, -0.1) is 0 Å². The highest BCUT2D eigenvalue weighted by Crippen LogP contribution is 2.21. The van der Waals surface area contributed by atoms with Crippen LogP contribution in [0.2, 0.25) is 0 Å². The van der Waals surface area contributed by atoms with Gasteiger partial charge in [0.25, 0.3) is 0 Å². The second kappa shape index (κ2) is 5.90. The summed E-state index contributed by atoms with van der Waals surface area (Å²) in [5, 5.41) is 2.75. The molecule has 1 unspecified atom stereocenters. The van der Waals surface area contributed by atoms with Gasteiger partial charge in [-0.1, -0.05) is 12.1 Å². The molecule has 0 spiro atoms. The van der Waals surface area contributed by atoms with Gasteiger partial charge in [-0.05, 0) is 24.1 Å². The average Bonchev–Trinajstić information content (AvgIpc) is 2.87. The fraction of sp³-hybridized carbons (Fsp3) is 0.462. The van der Waals surface area contributed by atoms with Gasteiger partial charge in [-0.25, -0.2) is 8.42 Å². The van der Waals surface area contributed by atoms with Crippen LogP contribution in [-0.2, 0) is 21.4 Å². The molecule has 6 nitrogen and oxygen atoms in total. The Kier molecular flexibility index (Phi) is 4.42. The number of carbonyl (C=O) groups is 1. The van der Waals surface area contributed by atoms with Crippen LogP contribution in [0.15, 0.2) is 29.2 Å². The summed E-state index contributed by atoms with van der Waals surface area (Å²) in [6.45, 7) is 2.56. The lowest BCUT2D eigenvalue weighted by Crippen LogP contribution is -2.37. The second-order valence-corrected chi connectivity index (χ2v) is 6.84. The zero-order valence-electron chi connectivity index (χ0n) is 11.4. The largest absolute Gasteiger partial charge is 0.352 e. The molecule has 1 saturated heterocycles. The number of hydrogen-bond acceptors (Lipinski definition) is 4. The molecule has 1 heterocycles. The van der Waals surface area contributed by atoms with Crippen molar-refractivity contribution in [3.63, 3.8) is 0 Å². The lowest BCUT2D eigenvalue weighted by atomic mass is 10.2. The molecule has 1 aliphatic rings. The molecule has 0 saturated carbocycles. The van der Waals surface area contributed by atoms with E-state index in [-0.39, 0.29) is 16.8 Å². The molecule has 0 bridgehead atoms. The number of amides is 1. The topological polar surface area (TPSA) is 92.5 Å². The van der Waals surface area contributed by atoms with E-state index >= 15 is 0 Å². The predicted octanol–water partition coefficient (Wildman–Crippen LogP) is 0.0444. The Bertz CT molecular complexity index is 583. The summed E-state index contributed by atoms with van der Waals surface area (Å²) in [5.74, 6) is -0.137. The number of benzene rings is 1. The minimum atomic E-state index is -3.49. The Labute approximate surface area is 119 Å². The number of carbonyl (C=O) groups excluding carboxylic acids is 1. The first kappa shape index (κ1) is 15.0. The van der Waals surface area contributed by atoms with Gasteiger partial charge in [-0.2, -0.15) is 4.31 Å². The maximum absolute atomic E-state index is 12.4. The first-order chi connectivity index (χ1) is 9.43. The van der Waals surface area contributed by atoms with E-state index in [0.29, 0.717) is 26.1 Å². The van der Waals surface area contributed by atoms with Crippen LogP contribution in [-0.4, -0.2) is 37.8 Å². The molecule has 1 amide bonds. The minimum Gasteiger partial charge on any atom is -0.352 e. The van der Waals surface area contributed by atoms with Crippen LogP contribution in [0.4, 0.5) is 0 Å². The molecule has 0 radical (unpaired) electrons. The predicted molar refractivity (Wildman–Crippen MR) is 75.3 cm³/mol. The third-order valence-electron chi connectivity index (χ3n) is 3.36. The van der Waals surface area contributed by atoms with Crippen molar-refractivity contribution < 1.29 is 13.2 Å². The van der Waals surface area contributed by atoms with Gasteiger partial charge in [0.2, 0.25) is 15.9 Å². The molecule has 0 aromatic heterocycles. The van der Waals surface area contributed by atoms with Crippen molar-refractivity contribution in [3.8, 4) is 0 Å². The standard InChI is InChI=1S/C13H19N3O3S/c1-10(17)15-12-6-7-16(9-12)20(18,19)13-4-2-11(8-14)3-5-13/h2-5,12H,6-9,14H2,1H3,(H,15,17). The van der Waals surface area contributed by atoms with Crippen molar-refractivity contribution >= 4 is 15.9 Å². The van der Waals surface area contributed by atoms with Crippen LogP contribution >= 0.6 is 0 Å². The van der Waals surface area contributed by atoms with Crippen molar-refractivity contribution in [2.45, 2.75) is 30.8 Å². The van der Waals surface area contributed by atoms with Gasteiger partial charge >= 0.3 is 0 Å². The van der Waals surface area contributed by atoms with Crippen LogP contribution < -0.4 is 11.1 Å². The molecule has 2 rings (SSSR count). The molecule has 0 aliphatic carbocycles. The zero-order valence-corrected chi connectivity index (χ0v) is 12.2. The summed E-state index contributed by atoms with van der Waals surface area (Å²) in [5.41, 5.74) is 6.39. The molecule has 1 aromatic carbocycles. The Morgan fingerprint density at radius 2 is 2.05 bits per heavy atom. The number of hydrogen-bond donors (Lipinski definition) is 2.